The van der Waals surface area contributed by atoms with E-state index in [1.807, 2.05) is 16.8 Å². The normalized spacial score (nSPS) is 14.0. The maximum atomic E-state index is 5.76. The van der Waals surface area contributed by atoms with Gasteiger partial charge in [0.15, 0.2) is 4.77 Å². The van der Waals surface area contributed by atoms with Gasteiger partial charge in [-0.05, 0) is 61.2 Å². The third-order valence-electron chi connectivity index (χ3n) is 4.75. The fourth-order valence-corrected chi connectivity index (χ4v) is 4.32. The van der Waals surface area contributed by atoms with Crippen LogP contribution in [0.4, 0.5) is 0 Å². The Morgan fingerprint density at radius 1 is 1.26 bits per heavy atom. The van der Waals surface area contributed by atoms with E-state index in [-0.39, 0.29) is 0 Å². The molecule has 0 saturated heterocycles. The molecule has 3 aromatic rings. The molecule has 1 aliphatic rings. The molecule has 1 fully saturated rings. The number of thiophene rings is 1. The van der Waals surface area contributed by atoms with Crippen LogP contribution in [-0.4, -0.2) is 33.4 Å². The number of rotatable bonds is 8. The summed E-state index contributed by atoms with van der Waals surface area (Å²) < 4.78 is 10.3. The molecule has 0 unspecified atom stereocenters. The largest absolute Gasteiger partial charge is 0.497 e. The molecule has 0 aliphatic heterocycles. The Morgan fingerprint density at radius 2 is 2.04 bits per heavy atom. The standard InChI is InChI=1S/C20H24N4OS2/c1-22(13-15-5-9-17(25-2)10-6-15)14-23-20(26)24(16-7-8-16)19(21-23)12-18-4-3-11-27-18/h3-6,9-11,16H,7-8,12-14H2,1-2H3. The van der Waals surface area contributed by atoms with Gasteiger partial charge in [-0.15, -0.1) is 11.3 Å². The summed E-state index contributed by atoms with van der Waals surface area (Å²) in [6.07, 6.45) is 3.27. The number of hydrogen-bond acceptors (Lipinski definition) is 5. The van der Waals surface area contributed by atoms with Crippen LogP contribution >= 0.6 is 23.6 Å². The van der Waals surface area contributed by atoms with Crippen molar-refractivity contribution in [2.24, 2.45) is 0 Å². The van der Waals surface area contributed by atoms with Crippen molar-refractivity contribution in [1.29, 1.82) is 0 Å². The van der Waals surface area contributed by atoms with Crippen molar-refractivity contribution in [1.82, 2.24) is 19.2 Å². The minimum Gasteiger partial charge on any atom is -0.497 e. The molecule has 5 nitrogen and oxygen atoms in total. The summed E-state index contributed by atoms with van der Waals surface area (Å²) in [5.74, 6) is 1.97. The second-order valence-electron chi connectivity index (χ2n) is 7.06. The van der Waals surface area contributed by atoms with Crippen molar-refractivity contribution in [2.45, 2.75) is 38.5 Å². The van der Waals surface area contributed by atoms with Gasteiger partial charge in [0, 0.05) is 23.9 Å². The number of methoxy groups -OCH3 is 1. The highest BCUT2D eigenvalue weighted by molar-refractivity contribution is 7.71. The summed E-state index contributed by atoms with van der Waals surface area (Å²) >= 11 is 7.54. The summed E-state index contributed by atoms with van der Waals surface area (Å²) in [4.78, 5) is 3.56. The van der Waals surface area contributed by atoms with Crippen molar-refractivity contribution >= 4 is 23.6 Å². The second kappa shape index (κ2) is 7.96. The Bertz CT molecular complexity index is 940. The van der Waals surface area contributed by atoms with Gasteiger partial charge in [-0.25, -0.2) is 4.68 Å². The fraction of sp³-hybridized carbons (Fsp3) is 0.400. The van der Waals surface area contributed by atoms with Crippen molar-refractivity contribution in [3.63, 3.8) is 0 Å². The average Bonchev–Trinajstić information content (AvgIpc) is 3.27. The van der Waals surface area contributed by atoms with E-state index in [2.05, 4.69) is 46.2 Å². The summed E-state index contributed by atoms with van der Waals surface area (Å²) in [6.45, 7) is 1.52. The van der Waals surface area contributed by atoms with Gasteiger partial charge < -0.3 is 9.30 Å². The Hall–Kier alpha value is -1.96. The van der Waals surface area contributed by atoms with E-state index in [0.29, 0.717) is 12.7 Å². The number of aromatic nitrogens is 3. The molecule has 27 heavy (non-hydrogen) atoms. The highest BCUT2D eigenvalue weighted by Crippen LogP contribution is 2.36. The quantitative estimate of drug-likeness (QED) is 0.522. The second-order valence-corrected chi connectivity index (χ2v) is 8.46. The lowest BCUT2D eigenvalue weighted by Crippen LogP contribution is -2.22. The third kappa shape index (κ3) is 4.31. The zero-order valence-electron chi connectivity index (χ0n) is 15.7. The molecule has 0 bridgehead atoms. The van der Waals surface area contributed by atoms with Crippen molar-refractivity contribution < 1.29 is 4.74 Å². The van der Waals surface area contributed by atoms with Crippen LogP contribution in [0.3, 0.4) is 0 Å². The monoisotopic (exact) mass is 400 g/mol. The lowest BCUT2D eigenvalue weighted by molar-refractivity contribution is 0.243. The topological polar surface area (TPSA) is 35.2 Å². The lowest BCUT2D eigenvalue weighted by Gasteiger charge is -2.16. The first-order chi connectivity index (χ1) is 13.1. The summed E-state index contributed by atoms with van der Waals surface area (Å²) in [5.41, 5.74) is 1.24. The van der Waals surface area contributed by atoms with Gasteiger partial charge in [0.05, 0.1) is 13.8 Å². The minimum atomic E-state index is 0.535. The molecule has 0 atom stereocenters. The molecule has 1 aliphatic carbocycles. The van der Waals surface area contributed by atoms with Gasteiger partial charge in [-0.3, -0.25) is 4.90 Å². The van der Waals surface area contributed by atoms with Gasteiger partial charge in [0.2, 0.25) is 0 Å². The fourth-order valence-electron chi connectivity index (χ4n) is 3.27. The van der Waals surface area contributed by atoms with E-state index in [9.17, 15) is 0 Å². The number of hydrogen-bond donors (Lipinski definition) is 0. The van der Waals surface area contributed by atoms with Gasteiger partial charge >= 0.3 is 0 Å². The summed E-state index contributed by atoms with van der Waals surface area (Å²) in [5, 5.41) is 6.99. The predicted octanol–water partition coefficient (Wildman–Crippen LogP) is 4.50. The Kier molecular flexibility index (Phi) is 5.43. The SMILES string of the molecule is COc1ccc(CN(C)Cn2nc(Cc3cccs3)n(C3CC3)c2=S)cc1. The first-order valence-electron chi connectivity index (χ1n) is 9.16. The van der Waals surface area contributed by atoms with Crippen molar-refractivity contribution in [3.05, 3.63) is 62.8 Å². The van der Waals surface area contributed by atoms with E-state index in [1.165, 1.54) is 23.3 Å². The summed E-state index contributed by atoms with van der Waals surface area (Å²) in [6, 6.07) is 13.0. The Balaban J connectivity index is 1.50. The van der Waals surface area contributed by atoms with E-state index >= 15 is 0 Å². The lowest BCUT2D eigenvalue weighted by atomic mass is 10.2. The first kappa shape index (κ1) is 18.4. The zero-order valence-corrected chi connectivity index (χ0v) is 17.3. The highest BCUT2D eigenvalue weighted by atomic mass is 32.1. The molecule has 1 saturated carbocycles. The van der Waals surface area contributed by atoms with Gasteiger partial charge in [0.1, 0.15) is 11.6 Å². The number of benzene rings is 1. The highest BCUT2D eigenvalue weighted by Gasteiger charge is 2.28. The van der Waals surface area contributed by atoms with Gasteiger partial charge in [-0.1, -0.05) is 18.2 Å². The van der Waals surface area contributed by atoms with E-state index < -0.39 is 0 Å². The molecule has 2 aromatic heterocycles. The molecular formula is C20H24N4OS2. The van der Waals surface area contributed by atoms with Crippen LogP contribution in [0.2, 0.25) is 0 Å². The molecule has 4 rings (SSSR count). The van der Waals surface area contributed by atoms with E-state index in [1.54, 1.807) is 18.4 Å². The van der Waals surface area contributed by atoms with Crippen LogP contribution in [0.5, 0.6) is 5.75 Å². The molecule has 0 radical (unpaired) electrons. The Labute approximate surface area is 168 Å². The number of ether oxygens (including phenoxy) is 1. The predicted molar refractivity (Wildman–Crippen MR) is 111 cm³/mol. The van der Waals surface area contributed by atoms with Crippen molar-refractivity contribution in [2.75, 3.05) is 14.2 Å². The molecule has 7 heteroatoms. The van der Waals surface area contributed by atoms with Gasteiger partial charge in [0.25, 0.3) is 0 Å². The van der Waals surface area contributed by atoms with Crippen molar-refractivity contribution in [3.8, 4) is 5.75 Å². The zero-order chi connectivity index (χ0) is 18.8. The molecule has 142 valence electrons. The maximum absolute atomic E-state index is 5.76. The molecule has 2 heterocycles. The van der Waals surface area contributed by atoms with Gasteiger partial charge in [-0.2, -0.15) is 5.10 Å². The Morgan fingerprint density at radius 3 is 2.67 bits per heavy atom. The van der Waals surface area contributed by atoms with Crippen LogP contribution in [0.25, 0.3) is 0 Å². The third-order valence-corrected chi connectivity index (χ3v) is 6.04. The molecule has 0 N–H and O–H groups in total. The van der Waals surface area contributed by atoms with Crippen LogP contribution < -0.4 is 4.74 Å². The smallest absolute Gasteiger partial charge is 0.199 e. The van der Waals surface area contributed by atoms with Crippen LogP contribution in [0, 0.1) is 4.77 Å². The van der Waals surface area contributed by atoms with Crippen LogP contribution in [-0.2, 0) is 19.6 Å². The average molecular weight is 401 g/mol. The molecule has 0 spiro atoms. The number of nitrogens with zero attached hydrogens (tertiary/aromatic N) is 4. The van der Waals surface area contributed by atoms with E-state index in [0.717, 1.165) is 29.3 Å². The minimum absolute atomic E-state index is 0.535. The molecule has 0 amide bonds. The molecular weight excluding hydrogens is 376 g/mol. The molecule has 1 aromatic carbocycles. The first-order valence-corrected chi connectivity index (χ1v) is 10.4. The van der Waals surface area contributed by atoms with Crippen LogP contribution in [0.15, 0.2) is 41.8 Å². The van der Waals surface area contributed by atoms with Crippen LogP contribution in [0.1, 0.15) is 35.1 Å². The summed E-state index contributed by atoms with van der Waals surface area (Å²) in [7, 11) is 3.79. The maximum Gasteiger partial charge on any atom is 0.199 e. The van der Waals surface area contributed by atoms with E-state index in [4.69, 9.17) is 22.1 Å².